The average Bonchev–Trinajstić information content (AvgIpc) is 3.09. The molecule has 2 aliphatic rings. The first-order valence-corrected chi connectivity index (χ1v) is 8.97. The highest BCUT2D eigenvalue weighted by Gasteiger charge is 2.35. The number of benzene rings is 1. The lowest BCUT2D eigenvalue weighted by atomic mass is 9.93. The molecule has 0 spiro atoms. The monoisotopic (exact) mass is 332 g/mol. The molecule has 24 heavy (non-hydrogen) atoms. The van der Waals surface area contributed by atoms with Crippen LogP contribution < -0.4 is 4.74 Å². The van der Waals surface area contributed by atoms with E-state index in [9.17, 15) is 9.90 Å². The molecule has 0 bridgehead atoms. The van der Waals surface area contributed by atoms with E-state index in [2.05, 4.69) is 4.90 Å². The summed E-state index contributed by atoms with van der Waals surface area (Å²) in [6, 6.07) is 7.84. The molecular weight excluding hydrogens is 304 g/mol. The van der Waals surface area contributed by atoms with Crippen LogP contribution in [0.1, 0.15) is 31.2 Å². The van der Waals surface area contributed by atoms with Crippen molar-refractivity contribution in [3.05, 3.63) is 29.8 Å². The van der Waals surface area contributed by atoms with Crippen molar-refractivity contribution in [1.29, 1.82) is 0 Å². The van der Waals surface area contributed by atoms with Crippen molar-refractivity contribution in [3.8, 4) is 5.75 Å². The van der Waals surface area contributed by atoms with Gasteiger partial charge in [-0.1, -0.05) is 18.2 Å². The van der Waals surface area contributed by atoms with Crippen LogP contribution in [0.2, 0.25) is 0 Å². The van der Waals surface area contributed by atoms with Gasteiger partial charge in [-0.15, -0.1) is 0 Å². The zero-order valence-electron chi connectivity index (χ0n) is 14.5. The molecule has 0 unspecified atom stereocenters. The Morgan fingerprint density at radius 3 is 2.71 bits per heavy atom. The van der Waals surface area contributed by atoms with E-state index in [0.29, 0.717) is 19.5 Å². The molecule has 5 heteroatoms. The van der Waals surface area contributed by atoms with Gasteiger partial charge >= 0.3 is 0 Å². The topological polar surface area (TPSA) is 53.0 Å². The molecule has 5 nitrogen and oxygen atoms in total. The zero-order chi connectivity index (χ0) is 17.0. The van der Waals surface area contributed by atoms with Gasteiger partial charge in [-0.25, -0.2) is 0 Å². The number of aryl methyl sites for hydroxylation is 1. The maximum Gasteiger partial charge on any atom is 0.236 e. The molecule has 0 radical (unpaired) electrons. The lowest BCUT2D eigenvalue weighted by Crippen LogP contribution is -2.53. The summed E-state index contributed by atoms with van der Waals surface area (Å²) in [5, 5.41) is 10.9. The smallest absolute Gasteiger partial charge is 0.236 e. The second-order valence-corrected chi connectivity index (χ2v) is 7.18. The van der Waals surface area contributed by atoms with Gasteiger partial charge in [0.25, 0.3) is 0 Å². The van der Waals surface area contributed by atoms with Gasteiger partial charge in [0.1, 0.15) is 18.0 Å². The van der Waals surface area contributed by atoms with Crippen LogP contribution in [0, 0.1) is 6.92 Å². The van der Waals surface area contributed by atoms with Gasteiger partial charge in [0, 0.05) is 19.6 Å². The number of piperidine rings is 1. The SMILES string of the molecule is Cc1ccccc1OC[C@@]1(O)CCCN(CC(=O)N2CCCC2)C1. The first kappa shape index (κ1) is 17.2. The lowest BCUT2D eigenvalue weighted by Gasteiger charge is -2.39. The third kappa shape index (κ3) is 4.28. The maximum absolute atomic E-state index is 12.3. The van der Waals surface area contributed by atoms with Crippen LogP contribution in [0.3, 0.4) is 0 Å². The minimum Gasteiger partial charge on any atom is -0.490 e. The van der Waals surface area contributed by atoms with Gasteiger partial charge in [-0.3, -0.25) is 9.69 Å². The van der Waals surface area contributed by atoms with Gasteiger partial charge < -0.3 is 14.7 Å². The molecule has 2 heterocycles. The van der Waals surface area contributed by atoms with Crippen LogP contribution >= 0.6 is 0 Å². The zero-order valence-corrected chi connectivity index (χ0v) is 14.5. The fourth-order valence-electron chi connectivity index (χ4n) is 3.65. The van der Waals surface area contributed by atoms with Crippen molar-refractivity contribution in [2.75, 3.05) is 39.3 Å². The number of ether oxygens (including phenoxy) is 1. The van der Waals surface area contributed by atoms with Gasteiger partial charge in [0.2, 0.25) is 5.91 Å². The van der Waals surface area contributed by atoms with Crippen LogP contribution in [0.4, 0.5) is 0 Å². The largest absolute Gasteiger partial charge is 0.490 e. The minimum atomic E-state index is -0.883. The Kier molecular flexibility index (Phi) is 5.41. The van der Waals surface area contributed by atoms with Gasteiger partial charge in [0.05, 0.1) is 6.54 Å². The van der Waals surface area contributed by atoms with E-state index in [-0.39, 0.29) is 12.5 Å². The molecule has 2 saturated heterocycles. The second kappa shape index (κ2) is 7.53. The summed E-state index contributed by atoms with van der Waals surface area (Å²) in [6.07, 6.45) is 3.83. The normalized spacial score (nSPS) is 25.0. The van der Waals surface area contributed by atoms with Crippen LogP contribution in [0.25, 0.3) is 0 Å². The van der Waals surface area contributed by atoms with Gasteiger partial charge in [-0.05, 0) is 50.8 Å². The molecule has 1 aromatic carbocycles. The summed E-state index contributed by atoms with van der Waals surface area (Å²) in [4.78, 5) is 16.3. The number of aliphatic hydroxyl groups is 1. The predicted molar refractivity (Wildman–Crippen MR) is 93.1 cm³/mol. The van der Waals surface area contributed by atoms with Crippen molar-refractivity contribution in [2.45, 2.75) is 38.2 Å². The fourth-order valence-corrected chi connectivity index (χ4v) is 3.65. The number of carbonyl (C=O) groups excluding carboxylic acids is 1. The number of likely N-dealkylation sites (tertiary alicyclic amines) is 2. The third-order valence-electron chi connectivity index (χ3n) is 5.04. The van der Waals surface area contributed by atoms with E-state index in [4.69, 9.17) is 4.74 Å². The quantitative estimate of drug-likeness (QED) is 0.894. The molecule has 1 N–H and O–H groups in total. The molecule has 0 saturated carbocycles. The number of hydrogen-bond acceptors (Lipinski definition) is 4. The summed E-state index contributed by atoms with van der Waals surface area (Å²) in [5.74, 6) is 1.01. The standard InChI is InChI=1S/C19H28N2O3/c1-16-7-2-3-8-17(16)24-15-19(23)9-6-10-20(14-19)13-18(22)21-11-4-5-12-21/h2-3,7-8,23H,4-6,9-15H2,1H3/t19-/m1/s1. The van der Waals surface area contributed by atoms with Crippen LogP contribution in [0.15, 0.2) is 24.3 Å². The van der Waals surface area contributed by atoms with Gasteiger partial charge in [-0.2, -0.15) is 0 Å². The summed E-state index contributed by atoms with van der Waals surface area (Å²) in [6.45, 7) is 5.81. The Labute approximate surface area is 144 Å². The minimum absolute atomic E-state index is 0.191. The molecule has 0 aliphatic carbocycles. The molecule has 2 aliphatic heterocycles. The molecule has 1 aromatic rings. The highest BCUT2D eigenvalue weighted by Crippen LogP contribution is 2.24. The second-order valence-electron chi connectivity index (χ2n) is 7.18. The summed E-state index contributed by atoms with van der Waals surface area (Å²) < 4.78 is 5.86. The number of carbonyl (C=O) groups is 1. The van der Waals surface area contributed by atoms with Crippen LogP contribution in [-0.2, 0) is 4.79 Å². The van der Waals surface area contributed by atoms with Crippen molar-refractivity contribution >= 4 is 5.91 Å². The number of nitrogens with zero attached hydrogens (tertiary/aromatic N) is 2. The molecule has 2 fully saturated rings. The summed E-state index contributed by atoms with van der Waals surface area (Å²) in [7, 11) is 0. The Morgan fingerprint density at radius 1 is 1.21 bits per heavy atom. The number of rotatable bonds is 5. The van der Waals surface area contributed by atoms with Crippen molar-refractivity contribution < 1.29 is 14.6 Å². The molecule has 3 rings (SSSR count). The van der Waals surface area contributed by atoms with E-state index in [1.165, 1.54) is 0 Å². The van der Waals surface area contributed by atoms with Crippen LogP contribution in [0.5, 0.6) is 5.75 Å². The van der Waals surface area contributed by atoms with E-state index in [1.807, 2.05) is 36.1 Å². The maximum atomic E-state index is 12.3. The first-order valence-electron chi connectivity index (χ1n) is 8.97. The summed E-state index contributed by atoms with van der Waals surface area (Å²) in [5.41, 5.74) is 0.184. The van der Waals surface area contributed by atoms with E-state index in [1.54, 1.807) is 0 Å². The van der Waals surface area contributed by atoms with Crippen molar-refractivity contribution in [1.82, 2.24) is 9.80 Å². The highest BCUT2D eigenvalue weighted by atomic mass is 16.5. The van der Waals surface area contributed by atoms with E-state index >= 15 is 0 Å². The summed E-state index contributed by atoms with van der Waals surface area (Å²) >= 11 is 0. The lowest BCUT2D eigenvalue weighted by molar-refractivity contribution is -0.133. The molecule has 1 amide bonds. The number of amides is 1. The van der Waals surface area contributed by atoms with Crippen molar-refractivity contribution in [3.63, 3.8) is 0 Å². The van der Waals surface area contributed by atoms with Gasteiger partial charge in [0.15, 0.2) is 0 Å². The number of β-amino-alcohol motifs (C(OH)–C–C–N with tert-alkyl or cyclic N) is 1. The average molecular weight is 332 g/mol. The molecular formula is C19H28N2O3. The Hall–Kier alpha value is -1.59. The molecule has 1 atom stereocenters. The van der Waals surface area contributed by atoms with E-state index < -0.39 is 5.60 Å². The Morgan fingerprint density at radius 2 is 1.96 bits per heavy atom. The van der Waals surface area contributed by atoms with Crippen LogP contribution in [-0.4, -0.2) is 65.7 Å². The molecule has 132 valence electrons. The van der Waals surface area contributed by atoms with E-state index in [0.717, 1.165) is 50.2 Å². The fraction of sp³-hybridized carbons (Fsp3) is 0.632. The third-order valence-corrected chi connectivity index (χ3v) is 5.04. The Balaban J connectivity index is 1.53. The number of hydrogen-bond donors (Lipinski definition) is 1. The number of para-hydroxylation sites is 1. The first-order chi connectivity index (χ1) is 11.6. The molecule has 0 aromatic heterocycles. The predicted octanol–water partition coefficient (Wildman–Crippen LogP) is 1.82. The van der Waals surface area contributed by atoms with Crippen molar-refractivity contribution in [2.24, 2.45) is 0 Å². The Bertz CT molecular complexity index is 571. The highest BCUT2D eigenvalue weighted by molar-refractivity contribution is 5.78.